The molecule has 14 heavy (non-hydrogen) atoms. The van der Waals surface area contributed by atoms with Crippen LogP contribution in [0, 0.1) is 11.8 Å². The van der Waals surface area contributed by atoms with Gasteiger partial charge in [-0.05, 0) is 12.8 Å². The van der Waals surface area contributed by atoms with Crippen LogP contribution in [0.4, 0.5) is 0 Å². The summed E-state index contributed by atoms with van der Waals surface area (Å²) in [6.45, 7) is 5.65. The highest BCUT2D eigenvalue weighted by Gasteiger charge is 2.19. The van der Waals surface area contributed by atoms with Crippen molar-refractivity contribution >= 4 is 0 Å². The fraction of sp³-hybridized carbons (Fsp3) is 0.833. The first-order chi connectivity index (χ1) is 6.86. The molecule has 0 unspecified atom stereocenters. The Hall–Kier alpha value is -0.520. The number of unbranched alkanes of at least 4 members (excludes halogenated alkanes) is 2. The smallest absolute Gasteiger partial charge is 0.141 e. The Morgan fingerprint density at radius 3 is 2.86 bits per heavy atom. The van der Waals surface area contributed by atoms with E-state index in [0.29, 0.717) is 6.61 Å². The number of ether oxygens (including phenoxy) is 2. The van der Waals surface area contributed by atoms with E-state index in [1.807, 2.05) is 0 Å². The Bertz CT molecular complexity index is 202. The van der Waals surface area contributed by atoms with Gasteiger partial charge in [-0.3, -0.25) is 0 Å². The summed E-state index contributed by atoms with van der Waals surface area (Å²) in [5, 5.41) is 0. The molecule has 1 fully saturated rings. The summed E-state index contributed by atoms with van der Waals surface area (Å²) in [4.78, 5) is 0. The summed E-state index contributed by atoms with van der Waals surface area (Å²) in [7, 11) is 0. The van der Waals surface area contributed by atoms with Crippen molar-refractivity contribution in [1.29, 1.82) is 0 Å². The van der Waals surface area contributed by atoms with Gasteiger partial charge in [0.2, 0.25) is 0 Å². The molecule has 1 rings (SSSR count). The minimum absolute atomic E-state index is 0.00514. The molecule has 0 aromatic heterocycles. The lowest BCUT2D eigenvalue weighted by Crippen LogP contribution is -2.34. The van der Waals surface area contributed by atoms with Crippen LogP contribution < -0.4 is 0 Å². The lowest BCUT2D eigenvalue weighted by Gasteiger charge is -2.26. The zero-order valence-electron chi connectivity index (χ0n) is 9.21. The van der Waals surface area contributed by atoms with Crippen molar-refractivity contribution in [2.75, 3.05) is 13.2 Å². The van der Waals surface area contributed by atoms with Crippen molar-refractivity contribution in [2.24, 2.45) is 0 Å². The highest BCUT2D eigenvalue weighted by molar-refractivity contribution is 5.06. The van der Waals surface area contributed by atoms with Crippen LogP contribution >= 0.6 is 0 Å². The minimum Gasteiger partial charge on any atom is -0.375 e. The van der Waals surface area contributed by atoms with Crippen LogP contribution in [-0.4, -0.2) is 25.4 Å². The third-order valence-corrected chi connectivity index (χ3v) is 2.30. The Morgan fingerprint density at radius 2 is 2.14 bits per heavy atom. The summed E-state index contributed by atoms with van der Waals surface area (Å²) < 4.78 is 11.1. The largest absolute Gasteiger partial charge is 0.375 e. The van der Waals surface area contributed by atoms with Crippen LogP contribution in [0.25, 0.3) is 0 Å². The van der Waals surface area contributed by atoms with E-state index in [0.717, 1.165) is 19.4 Å². The molecule has 0 radical (unpaired) electrons. The van der Waals surface area contributed by atoms with Gasteiger partial charge in [0.15, 0.2) is 0 Å². The lowest BCUT2D eigenvalue weighted by molar-refractivity contribution is -0.116. The quantitative estimate of drug-likeness (QED) is 0.509. The molecular weight excluding hydrogens is 176 g/mol. The van der Waals surface area contributed by atoms with Crippen LogP contribution in [0.3, 0.4) is 0 Å². The van der Waals surface area contributed by atoms with Crippen LogP contribution in [0.15, 0.2) is 0 Å². The van der Waals surface area contributed by atoms with Crippen molar-refractivity contribution in [3.63, 3.8) is 0 Å². The predicted octanol–water partition coefficient (Wildman–Crippen LogP) is 2.37. The van der Waals surface area contributed by atoms with Gasteiger partial charge in [0, 0.05) is 6.42 Å². The van der Waals surface area contributed by atoms with E-state index in [2.05, 4.69) is 25.7 Å². The van der Waals surface area contributed by atoms with E-state index in [4.69, 9.17) is 9.47 Å². The first kappa shape index (κ1) is 11.6. The maximum absolute atomic E-state index is 5.72. The molecule has 1 aliphatic rings. The molecule has 0 aliphatic carbocycles. The van der Waals surface area contributed by atoms with Crippen molar-refractivity contribution in [2.45, 2.75) is 51.7 Å². The van der Waals surface area contributed by atoms with E-state index < -0.39 is 0 Å². The second kappa shape index (κ2) is 6.86. The monoisotopic (exact) mass is 196 g/mol. The molecule has 0 N–H and O–H groups in total. The second-order valence-electron chi connectivity index (χ2n) is 3.62. The van der Waals surface area contributed by atoms with Crippen LogP contribution in [0.5, 0.6) is 0 Å². The van der Waals surface area contributed by atoms with Crippen molar-refractivity contribution in [1.82, 2.24) is 0 Å². The van der Waals surface area contributed by atoms with Gasteiger partial charge in [0.25, 0.3) is 0 Å². The van der Waals surface area contributed by atoms with Crippen molar-refractivity contribution in [3.8, 4) is 11.8 Å². The third kappa shape index (κ3) is 4.13. The number of rotatable bonds is 3. The molecule has 2 nitrogen and oxygen atoms in total. The average molecular weight is 196 g/mol. The topological polar surface area (TPSA) is 18.5 Å². The molecule has 0 bridgehead atoms. The van der Waals surface area contributed by atoms with Crippen LogP contribution in [0.1, 0.15) is 39.5 Å². The molecule has 0 aromatic carbocycles. The van der Waals surface area contributed by atoms with Gasteiger partial charge >= 0.3 is 0 Å². The van der Waals surface area contributed by atoms with E-state index in [9.17, 15) is 0 Å². The maximum atomic E-state index is 5.72. The van der Waals surface area contributed by atoms with Gasteiger partial charge in [-0.25, -0.2) is 0 Å². The zero-order chi connectivity index (χ0) is 10.2. The molecule has 2 atom stereocenters. The molecule has 2 heteroatoms. The minimum atomic E-state index is 0.00514. The molecule has 0 amide bonds. The fourth-order valence-corrected chi connectivity index (χ4v) is 1.36. The molecule has 1 saturated heterocycles. The van der Waals surface area contributed by atoms with Crippen molar-refractivity contribution < 1.29 is 9.47 Å². The molecule has 0 saturated carbocycles. The molecule has 0 spiro atoms. The van der Waals surface area contributed by atoms with E-state index >= 15 is 0 Å². The summed E-state index contributed by atoms with van der Waals surface area (Å²) in [6.07, 6.45) is 4.62. The first-order valence-corrected chi connectivity index (χ1v) is 5.58. The summed E-state index contributed by atoms with van der Waals surface area (Å²) >= 11 is 0. The normalized spacial score (nSPS) is 26.7. The molecule has 1 aliphatic heterocycles. The van der Waals surface area contributed by atoms with E-state index in [-0.39, 0.29) is 12.2 Å². The number of hydrogen-bond donors (Lipinski definition) is 0. The molecule has 1 heterocycles. The highest BCUT2D eigenvalue weighted by atomic mass is 16.6. The van der Waals surface area contributed by atoms with Gasteiger partial charge in [-0.2, -0.15) is 0 Å². The molecule has 80 valence electrons. The Kier molecular flexibility index (Phi) is 5.66. The van der Waals surface area contributed by atoms with Crippen molar-refractivity contribution in [3.05, 3.63) is 0 Å². The van der Waals surface area contributed by atoms with Gasteiger partial charge < -0.3 is 9.47 Å². The SMILES string of the molecule is CCCCC#C[C@H]1COC[C@@H](CC)O1. The predicted molar refractivity (Wildman–Crippen MR) is 57.1 cm³/mol. The van der Waals surface area contributed by atoms with Gasteiger partial charge in [-0.15, -0.1) is 5.92 Å². The van der Waals surface area contributed by atoms with Crippen LogP contribution in [0.2, 0.25) is 0 Å². The van der Waals surface area contributed by atoms with Gasteiger partial charge in [0.1, 0.15) is 6.10 Å². The van der Waals surface area contributed by atoms with E-state index in [1.54, 1.807) is 0 Å². The standard InChI is InChI=1S/C12H20O2/c1-3-5-6-7-8-12-10-13-9-11(4-2)14-12/h11-12H,3-6,9-10H2,1-2H3/t11-,12+/m1/s1. The Balaban J connectivity index is 2.24. The van der Waals surface area contributed by atoms with Crippen LogP contribution in [-0.2, 0) is 9.47 Å². The lowest BCUT2D eigenvalue weighted by atomic mass is 10.2. The van der Waals surface area contributed by atoms with E-state index in [1.165, 1.54) is 12.8 Å². The summed E-state index contributed by atoms with van der Waals surface area (Å²) in [5.41, 5.74) is 0. The summed E-state index contributed by atoms with van der Waals surface area (Å²) in [6, 6.07) is 0. The summed E-state index contributed by atoms with van der Waals surface area (Å²) in [5.74, 6) is 6.27. The highest BCUT2D eigenvalue weighted by Crippen LogP contribution is 2.09. The average Bonchev–Trinajstić information content (AvgIpc) is 2.25. The maximum Gasteiger partial charge on any atom is 0.141 e. The molecule has 0 aromatic rings. The second-order valence-corrected chi connectivity index (χ2v) is 3.62. The Morgan fingerprint density at radius 1 is 1.29 bits per heavy atom. The zero-order valence-corrected chi connectivity index (χ0v) is 9.21. The van der Waals surface area contributed by atoms with Gasteiger partial charge in [0.05, 0.1) is 19.3 Å². The first-order valence-electron chi connectivity index (χ1n) is 5.58. The fourth-order valence-electron chi connectivity index (χ4n) is 1.36. The van der Waals surface area contributed by atoms with Gasteiger partial charge in [-0.1, -0.05) is 26.2 Å². The number of hydrogen-bond acceptors (Lipinski definition) is 2. The Labute approximate surface area is 87.0 Å². The molecular formula is C12H20O2. The third-order valence-electron chi connectivity index (χ3n) is 2.30.